The Kier molecular flexibility index (Phi) is 12.4. The van der Waals surface area contributed by atoms with Crippen LogP contribution in [0.1, 0.15) is 81.0 Å². The van der Waals surface area contributed by atoms with E-state index in [0.717, 1.165) is 5.56 Å². The molecule has 210 valence electrons. The van der Waals surface area contributed by atoms with E-state index in [4.69, 9.17) is 4.74 Å². The lowest BCUT2D eigenvalue weighted by Crippen LogP contribution is -2.42. The fraction of sp³-hybridized carbons (Fsp3) is 0.586. The molecule has 8 nitrogen and oxygen atoms in total. The largest absolute Gasteiger partial charge is 0.481 e. The number of carboxylic acid groups (broad SMARTS) is 1. The predicted octanol–water partition coefficient (Wildman–Crippen LogP) is 5.20. The van der Waals surface area contributed by atoms with Crippen LogP contribution < -0.4 is 5.32 Å². The fourth-order valence-electron chi connectivity index (χ4n) is 4.49. The van der Waals surface area contributed by atoms with Crippen LogP contribution >= 0.6 is 11.3 Å². The van der Waals surface area contributed by atoms with Gasteiger partial charge in [-0.1, -0.05) is 65.0 Å². The smallest absolute Gasteiger partial charge is 0.306 e. The predicted molar refractivity (Wildman–Crippen MR) is 150 cm³/mol. The van der Waals surface area contributed by atoms with E-state index in [1.165, 1.54) is 11.3 Å². The van der Waals surface area contributed by atoms with Crippen molar-refractivity contribution in [3.8, 4) is 0 Å². The summed E-state index contributed by atoms with van der Waals surface area (Å²) in [5.41, 5.74) is 1.29. The Morgan fingerprint density at radius 1 is 1.08 bits per heavy atom. The van der Waals surface area contributed by atoms with Gasteiger partial charge in [-0.2, -0.15) is 0 Å². The van der Waals surface area contributed by atoms with E-state index in [2.05, 4.69) is 24.1 Å². The summed E-state index contributed by atoms with van der Waals surface area (Å²) >= 11 is 1.35. The Balaban J connectivity index is 2.16. The molecule has 0 aliphatic heterocycles. The van der Waals surface area contributed by atoms with Gasteiger partial charge in [0.25, 0.3) is 5.91 Å². The van der Waals surface area contributed by atoms with Crippen LogP contribution in [0.2, 0.25) is 0 Å². The molecule has 4 unspecified atom stereocenters. The van der Waals surface area contributed by atoms with Crippen molar-refractivity contribution in [1.82, 2.24) is 15.2 Å². The third-order valence-corrected chi connectivity index (χ3v) is 7.67. The van der Waals surface area contributed by atoms with Crippen molar-refractivity contribution >= 4 is 29.1 Å². The average Bonchev–Trinajstić information content (AvgIpc) is 3.34. The van der Waals surface area contributed by atoms with Gasteiger partial charge in [-0.3, -0.25) is 14.4 Å². The minimum atomic E-state index is -0.896. The monoisotopic (exact) mass is 545 g/mol. The maximum Gasteiger partial charge on any atom is 0.306 e. The second-order valence-corrected chi connectivity index (χ2v) is 11.7. The number of aliphatic carboxylic acids is 1. The standard InChI is InChI=1S/C29H43N3O5S/c1-18(2)13-26(33)32(6)24(19(3)4)16-25(37-7)28-31-23(17-38-28)27(34)30-22(14-20(5)29(35)36)15-21-11-9-8-10-12-21/h8-12,17-20,22,24-25H,13-16H2,1-7H3,(H,30,34)(H,35,36). The molecule has 0 radical (unpaired) electrons. The summed E-state index contributed by atoms with van der Waals surface area (Å²) in [6, 6.07) is 9.29. The topological polar surface area (TPSA) is 109 Å². The minimum absolute atomic E-state index is 0.0415. The van der Waals surface area contributed by atoms with Crippen LogP contribution in [0.25, 0.3) is 0 Å². The molecule has 0 saturated heterocycles. The van der Waals surface area contributed by atoms with Crippen molar-refractivity contribution in [3.05, 3.63) is 52.0 Å². The van der Waals surface area contributed by atoms with Crippen LogP contribution in [0.15, 0.2) is 35.7 Å². The van der Waals surface area contributed by atoms with Gasteiger partial charge in [0, 0.05) is 44.5 Å². The van der Waals surface area contributed by atoms with Crippen LogP contribution in [-0.4, -0.2) is 59.0 Å². The quantitative estimate of drug-likeness (QED) is 0.318. The van der Waals surface area contributed by atoms with Gasteiger partial charge in [-0.25, -0.2) is 4.98 Å². The van der Waals surface area contributed by atoms with Crippen LogP contribution in [0.4, 0.5) is 0 Å². The van der Waals surface area contributed by atoms with Crippen LogP contribution in [-0.2, 0) is 20.7 Å². The average molecular weight is 546 g/mol. The van der Waals surface area contributed by atoms with Gasteiger partial charge in [0.05, 0.1) is 5.92 Å². The fourth-order valence-corrected chi connectivity index (χ4v) is 5.38. The summed E-state index contributed by atoms with van der Waals surface area (Å²) in [5.74, 6) is -1.24. The first kappa shape index (κ1) is 31.4. The van der Waals surface area contributed by atoms with E-state index >= 15 is 0 Å². The zero-order valence-corrected chi connectivity index (χ0v) is 24.5. The van der Waals surface area contributed by atoms with Crippen LogP contribution in [0, 0.1) is 17.8 Å². The molecule has 0 bridgehead atoms. The Labute approximate surface area is 230 Å². The summed E-state index contributed by atoms with van der Waals surface area (Å²) in [7, 11) is 3.45. The SMILES string of the molecule is COC(CC(C(C)C)N(C)C(=O)CC(C)C)c1nc(C(=O)NC(Cc2ccccc2)CC(C)C(=O)O)cs1. The van der Waals surface area contributed by atoms with Gasteiger partial charge in [0.1, 0.15) is 16.8 Å². The highest BCUT2D eigenvalue weighted by Gasteiger charge is 2.29. The number of benzene rings is 1. The zero-order valence-electron chi connectivity index (χ0n) is 23.6. The number of hydrogen-bond donors (Lipinski definition) is 2. The third-order valence-electron chi connectivity index (χ3n) is 6.73. The highest BCUT2D eigenvalue weighted by molar-refractivity contribution is 7.09. The van der Waals surface area contributed by atoms with E-state index in [-0.39, 0.29) is 47.5 Å². The van der Waals surface area contributed by atoms with Crippen molar-refractivity contribution in [2.24, 2.45) is 17.8 Å². The van der Waals surface area contributed by atoms with E-state index in [0.29, 0.717) is 30.7 Å². The Bertz CT molecular complexity index is 1040. The molecule has 0 fully saturated rings. The number of nitrogens with one attached hydrogen (secondary N) is 1. The Hall–Kier alpha value is -2.78. The normalized spacial score (nSPS) is 14.7. The Morgan fingerprint density at radius 3 is 2.29 bits per heavy atom. The number of nitrogens with zero attached hydrogens (tertiary/aromatic N) is 2. The lowest BCUT2D eigenvalue weighted by atomic mass is 9.95. The number of aromatic nitrogens is 1. The molecule has 1 aromatic carbocycles. The number of carbonyl (C=O) groups excluding carboxylic acids is 2. The number of hydrogen-bond acceptors (Lipinski definition) is 6. The van der Waals surface area contributed by atoms with E-state index < -0.39 is 11.9 Å². The lowest BCUT2D eigenvalue weighted by Gasteiger charge is -2.33. The molecular weight excluding hydrogens is 502 g/mol. The third kappa shape index (κ3) is 9.51. The van der Waals surface area contributed by atoms with Crippen LogP contribution in [0.5, 0.6) is 0 Å². The zero-order chi connectivity index (χ0) is 28.4. The molecule has 2 amide bonds. The molecule has 1 heterocycles. The van der Waals surface area contributed by atoms with Crippen LogP contribution in [0.3, 0.4) is 0 Å². The highest BCUT2D eigenvalue weighted by Crippen LogP contribution is 2.30. The summed E-state index contributed by atoms with van der Waals surface area (Å²) in [6.45, 7) is 9.88. The van der Waals surface area contributed by atoms with Gasteiger partial charge in [-0.15, -0.1) is 11.3 Å². The van der Waals surface area contributed by atoms with Crippen molar-refractivity contribution in [2.45, 2.75) is 78.5 Å². The van der Waals surface area contributed by atoms with E-state index in [1.54, 1.807) is 19.4 Å². The molecule has 1 aromatic heterocycles. The van der Waals surface area contributed by atoms with E-state index in [1.807, 2.05) is 56.1 Å². The second-order valence-electron chi connectivity index (χ2n) is 10.8. The molecule has 0 spiro atoms. The number of methoxy groups -OCH3 is 1. The van der Waals surface area contributed by atoms with Gasteiger partial charge in [-0.05, 0) is 30.2 Å². The lowest BCUT2D eigenvalue weighted by molar-refractivity contribution is -0.141. The highest BCUT2D eigenvalue weighted by atomic mass is 32.1. The number of carbonyl (C=O) groups is 3. The van der Waals surface area contributed by atoms with Gasteiger partial charge in [0.15, 0.2) is 0 Å². The molecule has 0 aliphatic carbocycles. The summed E-state index contributed by atoms with van der Waals surface area (Å²) in [4.78, 5) is 43.7. The molecule has 2 rings (SSSR count). The van der Waals surface area contributed by atoms with Gasteiger partial charge >= 0.3 is 5.97 Å². The first-order valence-corrected chi connectivity index (χ1v) is 14.1. The summed E-state index contributed by atoms with van der Waals surface area (Å²) < 4.78 is 5.77. The number of rotatable bonds is 15. The van der Waals surface area contributed by atoms with Crippen molar-refractivity contribution in [1.29, 1.82) is 0 Å². The molecule has 2 aromatic rings. The van der Waals surface area contributed by atoms with Crippen molar-refractivity contribution in [3.63, 3.8) is 0 Å². The summed E-state index contributed by atoms with van der Waals surface area (Å²) in [6.07, 6.45) is 1.52. The first-order valence-electron chi connectivity index (χ1n) is 13.2. The number of amides is 2. The molecule has 9 heteroatoms. The van der Waals surface area contributed by atoms with E-state index in [9.17, 15) is 19.5 Å². The molecule has 2 N–H and O–H groups in total. The number of ether oxygens (including phenoxy) is 1. The molecule has 4 atom stereocenters. The molecule has 38 heavy (non-hydrogen) atoms. The van der Waals surface area contributed by atoms with Crippen molar-refractivity contribution in [2.75, 3.05) is 14.2 Å². The molecular formula is C29H43N3O5S. The number of carboxylic acids is 1. The maximum atomic E-state index is 13.1. The molecule has 0 saturated carbocycles. The maximum absolute atomic E-state index is 13.1. The Morgan fingerprint density at radius 2 is 1.74 bits per heavy atom. The molecule has 0 aliphatic rings. The second kappa shape index (κ2) is 15.0. The summed E-state index contributed by atoms with van der Waals surface area (Å²) in [5, 5.41) is 14.8. The van der Waals surface area contributed by atoms with Gasteiger partial charge in [0.2, 0.25) is 5.91 Å². The van der Waals surface area contributed by atoms with Gasteiger partial charge < -0.3 is 20.1 Å². The minimum Gasteiger partial charge on any atom is -0.481 e. The number of thiazole rings is 1. The van der Waals surface area contributed by atoms with Crippen molar-refractivity contribution < 1.29 is 24.2 Å². The first-order chi connectivity index (χ1) is 17.9.